The maximum atomic E-state index is 12.6. The van der Waals surface area contributed by atoms with E-state index in [1.165, 1.54) is 9.70 Å². The Balaban J connectivity index is 2.26. The van der Waals surface area contributed by atoms with E-state index in [9.17, 15) is 9.90 Å². The van der Waals surface area contributed by atoms with Crippen LogP contribution in [0.15, 0.2) is 12.4 Å². The van der Waals surface area contributed by atoms with E-state index in [0.717, 1.165) is 0 Å². The predicted molar refractivity (Wildman–Crippen MR) is 77.9 cm³/mol. The van der Waals surface area contributed by atoms with Gasteiger partial charge in [-0.15, -0.1) is 0 Å². The lowest BCUT2D eigenvalue weighted by Crippen LogP contribution is -2.52. The van der Waals surface area contributed by atoms with Crippen molar-refractivity contribution < 1.29 is 19.4 Å². The molecule has 1 amide bonds. The molecule has 22 heavy (non-hydrogen) atoms. The van der Waals surface area contributed by atoms with Crippen molar-refractivity contribution >= 4 is 6.09 Å². The quantitative estimate of drug-likeness (QED) is 0.896. The molecule has 2 atom stereocenters. The summed E-state index contributed by atoms with van der Waals surface area (Å²) in [7, 11) is 0. The molecule has 1 fully saturated rings. The number of ether oxygens (including phenoxy) is 2. The summed E-state index contributed by atoms with van der Waals surface area (Å²) in [5, 5.41) is 17.7. The Morgan fingerprint density at radius 3 is 2.45 bits per heavy atom. The van der Waals surface area contributed by atoms with E-state index in [0.29, 0.717) is 6.54 Å². The molecule has 124 valence electrons. The van der Waals surface area contributed by atoms with E-state index in [-0.39, 0.29) is 6.61 Å². The molecule has 0 aromatic carbocycles. The molecule has 8 heteroatoms. The van der Waals surface area contributed by atoms with Crippen LogP contribution in [-0.4, -0.2) is 61.2 Å². The number of hydrogen-bond donors (Lipinski definition) is 1. The third-order valence-electron chi connectivity index (χ3n) is 3.37. The van der Waals surface area contributed by atoms with Crippen molar-refractivity contribution in [3.05, 3.63) is 12.4 Å². The Kier molecular flexibility index (Phi) is 4.44. The molecular formula is C14H24N4O4. The van der Waals surface area contributed by atoms with Crippen LogP contribution in [0.1, 0.15) is 34.6 Å². The van der Waals surface area contributed by atoms with Crippen molar-refractivity contribution in [2.24, 2.45) is 0 Å². The lowest BCUT2D eigenvalue weighted by Gasteiger charge is -2.34. The first kappa shape index (κ1) is 16.7. The largest absolute Gasteiger partial charge is 0.444 e. The molecule has 1 aromatic rings. The van der Waals surface area contributed by atoms with Gasteiger partial charge in [-0.05, 0) is 34.6 Å². The molecule has 0 saturated carbocycles. The highest BCUT2D eigenvalue weighted by Crippen LogP contribution is 2.34. The lowest BCUT2D eigenvalue weighted by atomic mass is 10.1. The van der Waals surface area contributed by atoms with Crippen molar-refractivity contribution in [2.45, 2.75) is 64.6 Å². The number of carbonyl (C=O) groups is 1. The highest BCUT2D eigenvalue weighted by Gasteiger charge is 2.51. The summed E-state index contributed by atoms with van der Waals surface area (Å²) in [5.41, 5.74) is -1.49. The van der Waals surface area contributed by atoms with Crippen molar-refractivity contribution in [3.63, 3.8) is 0 Å². The fraction of sp³-hybridized carbons (Fsp3) is 0.786. The molecule has 1 aliphatic rings. The Morgan fingerprint density at radius 1 is 1.36 bits per heavy atom. The molecule has 1 saturated heterocycles. The van der Waals surface area contributed by atoms with Crippen LogP contribution < -0.4 is 0 Å². The zero-order chi connectivity index (χ0) is 16.5. The minimum Gasteiger partial charge on any atom is -0.444 e. The summed E-state index contributed by atoms with van der Waals surface area (Å²) in [6.07, 6.45) is 2.12. The average molecular weight is 312 g/mol. The van der Waals surface area contributed by atoms with Crippen LogP contribution >= 0.6 is 0 Å². The van der Waals surface area contributed by atoms with E-state index < -0.39 is 29.6 Å². The van der Waals surface area contributed by atoms with Gasteiger partial charge in [0.2, 0.25) is 0 Å². The molecule has 2 rings (SSSR count). The molecule has 0 unspecified atom stereocenters. The predicted octanol–water partition coefficient (Wildman–Crippen LogP) is 1.01. The summed E-state index contributed by atoms with van der Waals surface area (Å²) < 4.78 is 11.3. The molecule has 0 aliphatic carbocycles. The van der Waals surface area contributed by atoms with Gasteiger partial charge in [-0.1, -0.05) is 0 Å². The highest BCUT2D eigenvalue weighted by molar-refractivity contribution is 5.70. The van der Waals surface area contributed by atoms with Gasteiger partial charge in [0.05, 0.1) is 31.6 Å². The Labute approximate surface area is 130 Å². The first-order valence-electron chi connectivity index (χ1n) is 7.29. The lowest BCUT2D eigenvalue weighted by molar-refractivity contribution is -0.0866. The van der Waals surface area contributed by atoms with Gasteiger partial charge in [0.25, 0.3) is 0 Å². The van der Waals surface area contributed by atoms with Crippen LogP contribution in [-0.2, 0) is 16.0 Å². The molecular weight excluding hydrogens is 288 g/mol. The van der Waals surface area contributed by atoms with Crippen molar-refractivity contribution in [3.8, 4) is 0 Å². The van der Waals surface area contributed by atoms with E-state index >= 15 is 0 Å². The maximum Gasteiger partial charge on any atom is 0.412 e. The minimum atomic E-state index is -0.881. The molecule has 1 aromatic heterocycles. The van der Waals surface area contributed by atoms with Gasteiger partial charge < -0.3 is 14.6 Å². The summed E-state index contributed by atoms with van der Waals surface area (Å²) in [5.74, 6) is 0. The highest BCUT2D eigenvalue weighted by atomic mass is 16.6. The first-order chi connectivity index (χ1) is 10.1. The van der Waals surface area contributed by atoms with Crippen molar-refractivity contribution in [1.82, 2.24) is 19.9 Å². The number of aliphatic hydroxyl groups excluding tert-OH is 1. The van der Waals surface area contributed by atoms with Crippen molar-refractivity contribution in [2.75, 3.05) is 6.61 Å². The number of hydrogen-bond acceptors (Lipinski definition) is 6. The number of aromatic nitrogens is 3. The first-order valence-corrected chi connectivity index (χ1v) is 7.29. The van der Waals surface area contributed by atoms with Gasteiger partial charge in [-0.25, -0.2) is 4.79 Å². The number of carbonyl (C=O) groups excluding carboxylic acids is 1. The van der Waals surface area contributed by atoms with Gasteiger partial charge in [-0.3, -0.25) is 4.90 Å². The molecule has 2 heterocycles. The topological polar surface area (TPSA) is 89.7 Å². The smallest absolute Gasteiger partial charge is 0.412 e. The fourth-order valence-corrected chi connectivity index (χ4v) is 2.60. The number of amides is 1. The Hall–Kier alpha value is -1.67. The number of rotatable bonds is 3. The van der Waals surface area contributed by atoms with Gasteiger partial charge in [0.1, 0.15) is 17.4 Å². The molecule has 1 N–H and O–H groups in total. The zero-order valence-electron chi connectivity index (χ0n) is 13.7. The normalized spacial score (nSPS) is 24.5. The van der Waals surface area contributed by atoms with Gasteiger partial charge in [0.15, 0.2) is 0 Å². The maximum absolute atomic E-state index is 12.6. The Bertz CT molecular complexity index is 509. The standard InChI is InChI=1S/C14H24N4O4/c1-13(2,3)22-12(20)18-10(8-17-15-6-7-16-17)11(9-19)21-14(18,4)5/h6-7,10-11,19H,8-9H2,1-5H3/t10-,11-/m1/s1. The van der Waals surface area contributed by atoms with E-state index in [4.69, 9.17) is 9.47 Å². The molecule has 8 nitrogen and oxygen atoms in total. The van der Waals surface area contributed by atoms with Crippen LogP contribution in [0.5, 0.6) is 0 Å². The number of aliphatic hydroxyl groups is 1. The van der Waals surface area contributed by atoms with Gasteiger partial charge >= 0.3 is 6.09 Å². The molecule has 0 radical (unpaired) electrons. The second-order valence-electron chi connectivity index (χ2n) is 6.79. The van der Waals surface area contributed by atoms with Crippen molar-refractivity contribution in [1.29, 1.82) is 0 Å². The van der Waals surface area contributed by atoms with Crippen LogP contribution in [0.4, 0.5) is 4.79 Å². The monoisotopic (exact) mass is 312 g/mol. The van der Waals surface area contributed by atoms with Crippen LogP contribution in [0, 0.1) is 0 Å². The van der Waals surface area contributed by atoms with Crippen LogP contribution in [0.25, 0.3) is 0 Å². The minimum absolute atomic E-state index is 0.200. The fourth-order valence-electron chi connectivity index (χ4n) is 2.60. The summed E-state index contributed by atoms with van der Waals surface area (Å²) in [6, 6.07) is -0.415. The van der Waals surface area contributed by atoms with Crippen LogP contribution in [0.3, 0.4) is 0 Å². The second-order valence-corrected chi connectivity index (χ2v) is 6.79. The van der Waals surface area contributed by atoms with E-state index in [1.807, 2.05) is 20.8 Å². The third-order valence-corrected chi connectivity index (χ3v) is 3.37. The molecule has 1 aliphatic heterocycles. The van der Waals surface area contributed by atoms with Gasteiger partial charge in [0, 0.05) is 0 Å². The second kappa shape index (κ2) is 5.85. The summed E-state index contributed by atoms with van der Waals surface area (Å²) in [6.45, 7) is 9.09. The molecule has 0 spiro atoms. The van der Waals surface area contributed by atoms with E-state index in [1.54, 1.807) is 26.2 Å². The summed E-state index contributed by atoms with van der Waals surface area (Å²) >= 11 is 0. The Morgan fingerprint density at radius 2 is 1.95 bits per heavy atom. The summed E-state index contributed by atoms with van der Waals surface area (Å²) in [4.78, 5) is 15.6. The van der Waals surface area contributed by atoms with E-state index in [2.05, 4.69) is 10.2 Å². The third kappa shape index (κ3) is 3.56. The van der Waals surface area contributed by atoms with Crippen LogP contribution in [0.2, 0.25) is 0 Å². The number of nitrogens with zero attached hydrogens (tertiary/aromatic N) is 4. The molecule has 0 bridgehead atoms. The SMILES string of the molecule is CC(C)(C)OC(=O)N1[C@H](Cn2nccn2)[C@@H](CO)OC1(C)C. The van der Waals surface area contributed by atoms with Gasteiger partial charge in [-0.2, -0.15) is 15.0 Å². The average Bonchev–Trinajstić information content (AvgIpc) is 2.93. The zero-order valence-corrected chi connectivity index (χ0v) is 13.7.